The van der Waals surface area contributed by atoms with E-state index >= 15 is 0 Å². The number of nitrogens with one attached hydrogen (secondary N) is 1. The normalized spacial score (nSPS) is 24.1. The number of alkyl halides is 3. The summed E-state index contributed by atoms with van der Waals surface area (Å²) in [5.41, 5.74) is 1.68. The minimum Gasteiger partial charge on any atom is -0.312 e. The molecule has 6 heteroatoms. The Morgan fingerprint density at radius 3 is 2.37 bits per heavy atom. The van der Waals surface area contributed by atoms with Gasteiger partial charge in [-0.3, -0.25) is 10.1 Å². The highest BCUT2D eigenvalue weighted by molar-refractivity contribution is 5.84. The number of aryl methyl sites for hydroxylation is 1. The number of nitrogens with zero attached hydrogens (tertiary/aromatic N) is 1. The maximum Gasteiger partial charge on any atom is 0.406 e. The van der Waals surface area contributed by atoms with Crippen LogP contribution in [0.5, 0.6) is 0 Å². The number of amides is 1. The van der Waals surface area contributed by atoms with E-state index in [1.54, 1.807) is 19.1 Å². The maximum atomic E-state index is 12.5. The highest BCUT2D eigenvalue weighted by Crippen LogP contribution is 2.29. The second kappa shape index (κ2) is 4.85. The molecule has 1 aromatic carbocycles. The first-order chi connectivity index (χ1) is 8.78. The molecule has 19 heavy (non-hydrogen) atoms. The van der Waals surface area contributed by atoms with Crippen LogP contribution in [0.15, 0.2) is 24.3 Å². The van der Waals surface area contributed by atoms with Crippen molar-refractivity contribution in [1.29, 1.82) is 0 Å². The molecule has 0 aliphatic carbocycles. The molecule has 1 amide bonds. The third kappa shape index (κ3) is 3.07. The Bertz CT molecular complexity index is 470. The molecule has 1 saturated heterocycles. The molecule has 0 saturated carbocycles. The Morgan fingerprint density at radius 2 is 1.84 bits per heavy atom. The van der Waals surface area contributed by atoms with Gasteiger partial charge in [0.25, 0.3) is 0 Å². The fourth-order valence-corrected chi connectivity index (χ4v) is 2.16. The van der Waals surface area contributed by atoms with E-state index in [0.29, 0.717) is 5.56 Å². The molecule has 2 atom stereocenters. The van der Waals surface area contributed by atoms with E-state index in [1.165, 1.54) is 0 Å². The second-order valence-corrected chi connectivity index (χ2v) is 4.78. The van der Waals surface area contributed by atoms with Crippen molar-refractivity contribution in [2.24, 2.45) is 0 Å². The van der Waals surface area contributed by atoms with Gasteiger partial charge in [-0.15, -0.1) is 0 Å². The van der Waals surface area contributed by atoms with Crippen molar-refractivity contribution >= 4 is 5.91 Å². The zero-order valence-corrected chi connectivity index (χ0v) is 10.7. The van der Waals surface area contributed by atoms with Crippen LogP contribution < -0.4 is 5.32 Å². The topological polar surface area (TPSA) is 32.3 Å². The molecular weight excluding hydrogens is 257 g/mol. The van der Waals surface area contributed by atoms with Gasteiger partial charge in [0.1, 0.15) is 12.7 Å². The summed E-state index contributed by atoms with van der Waals surface area (Å²) in [4.78, 5) is 12.6. The molecule has 0 aromatic heterocycles. The average Bonchev–Trinajstić information content (AvgIpc) is 2.57. The van der Waals surface area contributed by atoms with E-state index in [4.69, 9.17) is 0 Å². The molecule has 1 aliphatic heterocycles. The number of carbonyl (C=O) groups is 1. The Balaban J connectivity index is 2.27. The molecule has 1 heterocycles. The van der Waals surface area contributed by atoms with Gasteiger partial charge in [-0.05, 0) is 19.4 Å². The number of hydrogen-bond donors (Lipinski definition) is 1. The zero-order valence-electron chi connectivity index (χ0n) is 10.7. The Morgan fingerprint density at radius 1 is 1.26 bits per heavy atom. The Labute approximate surface area is 109 Å². The van der Waals surface area contributed by atoms with E-state index in [-0.39, 0.29) is 0 Å². The van der Waals surface area contributed by atoms with Gasteiger partial charge in [-0.25, -0.2) is 0 Å². The van der Waals surface area contributed by atoms with Crippen LogP contribution in [0, 0.1) is 6.92 Å². The van der Waals surface area contributed by atoms with Crippen molar-refractivity contribution in [2.75, 3.05) is 6.54 Å². The molecule has 104 valence electrons. The van der Waals surface area contributed by atoms with Gasteiger partial charge in [0.2, 0.25) is 5.91 Å². The third-order valence-corrected chi connectivity index (χ3v) is 3.12. The molecule has 1 aromatic rings. The van der Waals surface area contributed by atoms with E-state index in [2.05, 4.69) is 5.32 Å². The Kier molecular flexibility index (Phi) is 3.54. The molecule has 1 N–H and O–H groups in total. The zero-order chi connectivity index (χ0) is 14.2. The van der Waals surface area contributed by atoms with Crippen LogP contribution in [0.3, 0.4) is 0 Å². The van der Waals surface area contributed by atoms with Gasteiger partial charge in [0.05, 0.1) is 6.04 Å². The monoisotopic (exact) mass is 272 g/mol. The molecule has 1 fully saturated rings. The lowest BCUT2D eigenvalue weighted by molar-refractivity contribution is -0.161. The fraction of sp³-hybridized carbons (Fsp3) is 0.462. The predicted molar refractivity (Wildman–Crippen MR) is 64.3 cm³/mol. The number of hydrogen-bond acceptors (Lipinski definition) is 2. The minimum atomic E-state index is -4.40. The minimum absolute atomic E-state index is 0.525. The van der Waals surface area contributed by atoms with Crippen LogP contribution >= 0.6 is 0 Å². The summed E-state index contributed by atoms with van der Waals surface area (Å²) >= 11 is 0. The number of benzene rings is 1. The first kappa shape index (κ1) is 13.9. The van der Waals surface area contributed by atoms with Crippen molar-refractivity contribution < 1.29 is 18.0 Å². The van der Waals surface area contributed by atoms with E-state index in [1.807, 2.05) is 19.1 Å². The summed E-state index contributed by atoms with van der Waals surface area (Å²) in [6.07, 6.45) is -5.12. The SMILES string of the molecule is Cc1ccc(C2NC(C)C(=O)N2CC(F)(F)F)cc1. The standard InChI is InChI=1S/C13H15F3N2O/c1-8-3-5-10(6-4-8)11-17-9(2)12(19)18(11)7-13(14,15)16/h3-6,9,11,17H,7H2,1-2H3. The highest BCUT2D eigenvalue weighted by atomic mass is 19.4. The van der Waals surface area contributed by atoms with Crippen molar-refractivity contribution in [3.05, 3.63) is 35.4 Å². The molecule has 0 radical (unpaired) electrons. The third-order valence-electron chi connectivity index (χ3n) is 3.12. The van der Waals surface area contributed by atoms with Crippen molar-refractivity contribution in [2.45, 2.75) is 32.2 Å². The van der Waals surface area contributed by atoms with Gasteiger partial charge < -0.3 is 4.90 Å². The summed E-state index contributed by atoms with van der Waals surface area (Å²) in [6, 6.07) is 6.50. The number of halogens is 3. The second-order valence-electron chi connectivity index (χ2n) is 4.78. The number of carbonyl (C=O) groups excluding carboxylic acids is 1. The largest absolute Gasteiger partial charge is 0.406 e. The van der Waals surface area contributed by atoms with Crippen LogP contribution in [-0.4, -0.2) is 29.6 Å². The molecule has 0 spiro atoms. The lowest BCUT2D eigenvalue weighted by atomic mass is 10.1. The molecular formula is C13H15F3N2O. The molecule has 2 rings (SSSR count). The van der Waals surface area contributed by atoms with Crippen LogP contribution in [0.25, 0.3) is 0 Å². The summed E-state index contributed by atoms with van der Waals surface area (Å²) in [6.45, 7) is 2.23. The summed E-state index contributed by atoms with van der Waals surface area (Å²) in [7, 11) is 0. The lowest BCUT2D eigenvalue weighted by Gasteiger charge is -2.25. The quantitative estimate of drug-likeness (QED) is 0.896. The molecule has 0 bridgehead atoms. The van der Waals surface area contributed by atoms with Crippen LogP contribution in [0.4, 0.5) is 13.2 Å². The van der Waals surface area contributed by atoms with Crippen LogP contribution in [0.2, 0.25) is 0 Å². The maximum absolute atomic E-state index is 12.5. The van der Waals surface area contributed by atoms with Crippen molar-refractivity contribution in [3.63, 3.8) is 0 Å². The first-order valence-electron chi connectivity index (χ1n) is 5.98. The van der Waals surface area contributed by atoms with Gasteiger partial charge in [0.15, 0.2) is 0 Å². The van der Waals surface area contributed by atoms with Gasteiger partial charge in [-0.1, -0.05) is 29.8 Å². The smallest absolute Gasteiger partial charge is 0.312 e. The summed E-state index contributed by atoms with van der Waals surface area (Å²) in [5, 5.41) is 2.89. The highest BCUT2D eigenvalue weighted by Gasteiger charge is 2.43. The van der Waals surface area contributed by atoms with Gasteiger partial charge in [-0.2, -0.15) is 13.2 Å². The van der Waals surface area contributed by atoms with E-state index in [9.17, 15) is 18.0 Å². The van der Waals surface area contributed by atoms with Crippen molar-refractivity contribution in [3.8, 4) is 0 Å². The lowest BCUT2D eigenvalue weighted by Crippen LogP contribution is -2.38. The predicted octanol–water partition coefficient (Wildman–Crippen LogP) is 2.38. The summed E-state index contributed by atoms with van der Waals surface area (Å²) < 4.78 is 37.6. The van der Waals surface area contributed by atoms with Gasteiger partial charge in [0, 0.05) is 0 Å². The van der Waals surface area contributed by atoms with E-state index in [0.717, 1.165) is 10.5 Å². The average molecular weight is 272 g/mol. The van der Waals surface area contributed by atoms with Gasteiger partial charge >= 0.3 is 6.18 Å². The van der Waals surface area contributed by atoms with Crippen LogP contribution in [-0.2, 0) is 4.79 Å². The molecule has 2 unspecified atom stereocenters. The Hall–Kier alpha value is -1.56. The van der Waals surface area contributed by atoms with E-state index < -0.39 is 30.8 Å². The molecule has 3 nitrogen and oxygen atoms in total. The number of rotatable bonds is 2. The van der Waals surface area contributed by atoms with Crippen LogP contribution in [0.1, 0.15) is 24.2 Å². The molecule has 1 aliphatic rings. The van der Waals surface area contributed by atoms with Crippen molar-refractivity contribution in [1.82, 2.24) is 10.2 Å². The first-order valence-corrected chi connectivity index (χ1v) is 5.98. The fourth-order valence-electron chi connectivity index (χ4n) is 2.16. The summed E-state index contributed by atoms with van der Waals surface area (Å²) in [5.74, 6) is -0.525.